The number of piperazine rings is 1. The summed E-state index contributed by atoms with van der Waals surface area (Å²) < 4.78 is 0. The second kappa shape index (κ2) is 11.8. The number of carbonyl (C=O) groups excluding carboxylic acids is 1. The van der Waals surface area contributed by atoms with Gasteiger partial charge in [0, 0.05) is 63.8 Å². The van der Waals surface area contributed by atoms with E-state index in [4.69, 9.17) is 11.6 Å². The molecule has 1 aliphatic carbocycles. The fraction of sp³-hybridized carbons (Fsp3) is 0.600. The van der Waals surface area contributed by atoms with Crippen molar-refractivity contribution >= 4 is 47.4 Å². The zero-order chi connectivity index (χ0) is 19.1. The first kappa shape index (κ1) is 23.2. The highest BCUT2D eigenvalue weighted by atomic mass is 127. The molecular formula is C20H31ClIN5O. The van der Waals surface area contributed by atoms with Gasteiger partial charge in [0.25, 0.3) is 0 Å². The number of aliphatic imine (C=N–C) groups is 1. The van der Waals surface area contributed by atoms with Gasteiger partial charge in [-0.25, -0.2) is 0 Å². The number of hydrogen-bond donors (Lipinski definition) is 2. The Morgan fingerprint density at radius 1 is 1.14 bits per heavy atom. The summed E-state index contributed by atoms with van der Waals surface area (Å²) in [5, 5.41) is 7.42. The Labute approximate surface area is 190 Å². The normalized spacial score (nSPS) is 18.2. The molecular weight excluding hydrogens is 489 g/mol. The van der Waals surface area contributed by atoms with Crippen LogP contribution in [0.5, 0.6) is 0 Å². The quantitative estimate of drug-likeness (QED) is 0.345. The van der Waals surface area contributed by atoms with Crippen LogP contribution in [-0.4, -0.2) is 68.0 Å². The van der Waals surface area contributed by atoms with Crippen molar-refractivity contribution in [2.24, 2.45) is 10.9 Å². The molecule has 0 atom stereocenters. The lowest BCUT2D eigenvalue weighted by molar-refractivity contribution is -0.139. The first-order chi connectivity index (χ1) is 13.2. The van der Waals surface area contributed by atoms with E-state index >= 15 is 0 Å². The molecule has 0 radical (unpaired) electrons. The maximum absolute atomic E-state index is 12.3. The van der Waals surface area contributed by atoms with E-state index in [1.807, 2.05) is 24.3 Å². The Bertz CT molecular complexity index is 643. The number of nitrogens with one attached hydrogen (secondary N) is 2. The van der Waals surface area contributed by atoms with Gasteiger partial charge in [-0.1, -0.05) is 30.2 Å². The topological polar surface area (TPSA) is 60.0 Å². The van der Waals surface area contributed by atoms with E-state index in [1.165, 1.54) is 6.42 Å². The number of nitrogens with zero attached hydrogens (tertiary/aromatic N) is 3. The maximum Gasteiger partial charge on any atom is 0.225 e. The summed E-state index contributed by atoms with van der Waals surface area (Å²) in [6, 6.07) is 7.80. The largest absolute Gasteiger partial charge is 0.355 e. The third-order valence-electron chi connectivity index (χ3n) is 5.46. The van der Waals surface area contributed by atoms with Crippen LogP contribution in [0.25, 0.3) is 0 Å². The fourth-order valence-electron chi connectivity index (χ4n) is 3.45. The van der Waals surface area contributed by atoms with Crippen molar-refractivity contribution < 1.29 is 4.79 Å². The van der Waals surface area contributed by atoms with E-state index in [2.05, 4.69) is 25.4 Å². The van der Waals surface area contributed by atoms with Crippen LogP contribution in [-0.2, 0) is 11.3 Å². The standard InChI is InChI=1S/C20H30ClN5O.HI/c1-22-20(24-15-16-5-7-18(21)8-6-16)23-9-10-25-11-13-26(14-12-25)19(27)17-3-2-4-17;/h5-8,17H,2-4,9-15H2,1H3,(H2,22,23,24);1H. The van der Waals surface area contributed by atoms with E-state index in [0.717, 1.165) is 68.7 Å². The number of benzene rings is 1. The summed E-state index contributed by atoms with van der Waals surface area (Å²) in [6.07, 6.45) is 3.39. The Morgan fingerprint density at radius 2 is 1.82 bits per heavy atom. The Hall–Kier alpha value is -1.06. The zero-order valence-electron chi connectivity index (χ0n) is 16.5. The number of hydrogen-bond acceptors (Lipinski definition) is 3. The predicted molar refractivity (Wildman–Crippen MR) is 125 cm³/mol. The van der Waals surface area contributed by atoms with E-state index in [1.54, 1.807) is 7.05 Å². The molecule has 1 aromatic carbocycles. The molecule has 1 heterocycles. The molecule has 0 aromatic heterocycles. The van der Waals surface area contributed by atoms with Crippen molar-refractivity contribution in [3.63, 3.8) is 0 Å². The molecule has 1 aromatic rings. The van der Waals surface area contributed by atoms with Gasteiger partial charge in [0.15, 0.2) is 5.96 Å². The molecule has 0 unspecified atom stereocenters. The number of carbonyl (C=O) groups is 1. The highest BCUT2D eigenvalue weighted by molar-refractivity contribution is 14.0. The summed E-state index contributed by atoms with van der Waals surface area (Å²) in [4.78, 5) is 21.0. The van der Waals surface area contributed by atoms with Crippen LogP contribution in [0.15, 0.2) is 29.3 Å². The van der Waals surface area contributed by atoms with Crippen molar-refractivity contribution in [3.05, 3.63) is 34.9 Å². The second-order valence-electron chi connectivity index (χ2n) is 7.27. The third kappa shape index (κ3) is 6.77. The minimum atomic E-state index is 0. The van der Waals surface area contributed by atoms with Gasteiger partial charge in [-0.05, 0) is 30.5 Å². The number of amides is 1. The van der Waals surface area contributed by atoms with Crippen molar-refractivity contribution in [2.75, 3.05) is 46.3 Å². The van der Waals surface area contributed by atoms with Crippen molar-refractivity contribution in [1.29, 1.82) is 0 Å². The van der Waals surface area contributed by atoms with Gasteiger partial charge in [0.05, 0.1) is 0 Å². The van der Waals surface area contributed by atoms with Crippen LogP contribution in [0.2, 0.25) is 5.02 Å². The molecule has 2 aliphatic rings. The van der Waals surface area contributed by atoms with Crippen molar-refractivity contribution in [3.8, 4) is 0 Å². The van der Waals surface area contributed by atoms with Crippen LogP contribution in [0.4, 0.5) is 0 Å². The zero-order valence-corrected chi connectivity index (χ0v) is 19.6. The molecule has 6 nitrogen and oxygen atoms in total. The first-order valence-electron chi connectivity index (χ1n) is 9.86. The lowest BCUT2D eigenvalue weighted by Gasteiger charge is -2.38. The summed E-state index contributed by atoms with van der Waals surface area (Å²) in [5.41, 5.74) is 1.16. The molecule has 2 N–H and O–H groups in total. The smallest absolute Gasteiger partial charge is 0.225 e. The van der Waals surface area contributed by atoms with E-state index in [9.17, 15) is 4.79 Å². The van der Waals surface area contributed by atoms with E-state index < -0.39 is 0 Å². The van der Waals surface area contributed by atoms with Gasteiger partial charge in [-0.3, -0.25) is 14.7 Å². The molecule has 0 bridgehead atoms. The Kier molecular flexibility index (Phi) is 9.81. The van der Waals surface area contributed by atoms with Gasteiger partial charge < -0.3 is 15.5 Å². The molecule has 28 heavy (non-hydrogen) atoms. The highest BCUT2D eigenvalue weighted by Gasteiger charge is 2.30. The number of guanidine groups is 1. The van der Waals surface area contributed by atoms with Gasteiger partial charge in [0.1, 0.15) is 0 Å². The monoisotopic (exact) mass is 519 g/mol. The molecule has 1 saturated carbocycles. The predicted octanol–water partition coefficient (Wildman–Crippen LogP) is 2.57. The van der Waals surface area contributed by atoms with Gasteiger partial charge in [-0.2, -0.15) is 0 Å². The summed E-state index contributed by atoms with van der Waals surface area (Å²) >= 11 is 5.91. The van der Waals surface area contributed by atoms with Gasteiger partial charge in [0.2, 0.25) is 5.91 Å². The second-order valence-corrected chi connectivity index (χ2v) is 7.71. The van der Waals surface area contributed by atoms with Crippen LogP contribution < -0.4 is 10.6 Å². The summed E-state index contributed by atoms with van der Waals surface area (Å²) in [7, 11) is 1.78. The molecule has 0 spiro atoms. The van der Waals surface area contributed by atoms with E-state index in [-0.39, 0.29) is 24.0 Å². The summed E-state index contributed by atoms with van der Waals surface area (Å²) in [5.74, 6) is 1.49. The molecule has 8 heteroatoms. The minimum Gasteiger partial charge on any atom is -0.355 e. The van der Waals surface area contributed by atoms with Gasteiger partial charge >= 0.3 is 0 Å². The van der Waals surface area contributed by atoms with Crippen LogP contribution >= 0.6 is 35.6 Å². The SMILES string of the molecule is CN=C(NCCN1CCN(C(=O)C2CCC2)CC1)NCc1ccc(Cl)cc1.I. The van der Waals surface area contributed by atoms with Gasteiger partial charge in [-0.15, -0.1) is 24.0 Å². The highest BCUT2D eigenvalue weighted by Crippen LogP contribution is 2.28. The summed E-state index contributed by atoms with van der Waals surface area (Å²) in [6.45, 7) is 6.12. The van der Waals surface area contributed by atoms with E-state index in [0.29, 0.717) is 18.4 Å². The molecule has 1 saturated heterocycles. The average molecular weight is 520 g/mol. The Balaban J connectivity index is 0.00000280. The van der Waals surface area contributed by atoms with Crippen molar-refractivity contribution in [1.82, 2.24) is 20.4 Å². The maximum atomic E-state index is 12.3. The van der Waals surface area contributed by atoms with Crippen molar-refractivity contribution in [2.45, 2.75) is 25.8 Å². The molecule has 1 amide bonds. The lowest BCUT2D eigenvalue weighted by atomic mass is 9.84. The van der Waals surface area contributed by atoms with Crippen LogP contribution in [0, 0.1) is 5.92 Å². The Morgan fingerprint density at radius 3 is 2.39 bits per heavy atom. The minimum absolute atomic E-state index is 0. The van der Waals surface area contributed by atoms with Crippen LogP contribution in [0.1, 0.15) is 24.8 Å². The first-order valence-corrected chi connectivity index (χ1v) is 10.2. The van der Waals surface area contributed by atoms with Crippen LogP contribution in [0.3, 0.4) is 0 Å². The lowest BCUT2D eigenvalue weighted by Crippen LogP contribution is -2.52. The number of halogens is 2. The third-order valence-corrected chi connectivity index (χ3v) is 5.71. The molecule has 2 fully saturated rings. The molecule has 156 valence electrons. The molecule has 1 aliphatic heterocycles. The average Bonchev–Trinajstić information content (AvgIpc) is 2.65. The fourth-order valence-corrected chi connectivity index (χ4v) is 3.57. The number of rotatable bonds is 6. The molecule has 3 rings (SSSR count).